The van der Waals surface area contributed by atoms with Crippen molar-refractivity contribution < 1.29 is 19.1 Å². The molecule has 32 heavy (non-hydrogen) atoms. The van der Waals surface area contributed by atoms with Gasteiger partial charge in [0.2, 0.25) is 11.8 Å². The number of carbonyl (C=O) groups excluding carboxylic acids is 3. The molecule has 2 unspecified atom stereocenters. The zero-order valence-electron chi connectivity index (χ0n) is 18.5. The van der Waals surface area contributed by atoms with E-state index in [0.29, 0.717) is 39.2 Å². The molecule has 9 heteroatoms. The number of hydrogen-bond acceptors (Lipinski definition) is 5. The Bertz CT molecular complexity index is 976. The lowest BCUT2D eigenvalue weighted by Gasteiger charge is -2.49. The highest BCUT2D eigenvalue weighted by Gasteiger charge is 2.48. The van der Waals surface area contributed by atoms with E-state index in [0.717, 1.165) is 5.56 Å². The van der Waals surface area contributed by atoms with Gasteiger partial charge >= 0.3 is 0 Å². The van der Waals surface area contributed by atoms with E-state index in [9.17, 15) is 14.4 Å². The van der Waals surface area contributed by atoms with Crippen molar-refractivity contribution in [2.45, 2.75) is 32.0 Å². The van der Waals surface area contributed by atoms with Crippen LogP contribution in [-0.2, 0) is 27.3 Å². The molecule has 3 heterocycles. The van der Waals surface area contributed by atoms with Crippen molar-refractivity contribution >= 4 is 17.7 Å². The van der Waals surface area contributed by atoms with Crippen LogP contribution in [0.15, 0.2) is 42.6 Å². The van der Waals surface area contributed by atoms with E-state index in [-0.39, 0.29) is 30.0 Å². The molecule has 0 N–H and O–H groups in total. The first-order valence-electron chi connectivity index (χ1n) is 11.0. The van der Waals surface area contributed by atoms with Crippen LogP contribution in [0.25, 0.3) is 0 Å². The van der Waals surface area contributed by atoms with Crippen LogP contribution >= 0.6 is 0 Å². The van der Waals surface area contributed by atoms with Gasteiger partial charge < -0.3 is 19.4 Å². The van der Waals surface area contributed by atoms with Crippen molar-refractivity contribution in [3.63, 3.8) is 0 Å². The maximum Gasteiger partial charge on any atom is 0.275 e. The number of nitrogens with zero attached hydrogens (tertiary/aromatic N) is 5. The Hall–Kier alpha value is -3.20. The zero-order valence-corrected chi connectivity index (χ0v) is 18.5. The largest absolute Gasteiger partial charge is 0.383 e. The van der Waals surface area contributed by atoms with Gasteiger partial charge in [-0.05, 0) is 18.6 Å². The summed E-state index contributed by atoms with van der Waals surface area (Å²) in [6.45, 7) is 4.56. The van der Waals surface area contributed by atoms with Gasteiger partial charge in [-0.3, -0.25) is 19.1 Å². The predicted octanol–water partition coefficient (Wildman–Crippen LogP) is 0.656. The topological polar surface area (TPSA) is 88.0 Å². The minimum atomic E-state index is -0.683. The molecule has 2 aromatic rings. The molecule has 0 bridgehead atoms. The fraction of sp³-hybridized carbons (Fsp3) is 0.478. The van der Waals surface area contributed by atoms with Crippen LogP contribution in [0.2, 0.25) is 0 Å². The third kappa shape index (κ3) is 4.25. The van der Waals surface area contributed by atoms with Gasteiger partial charge in [-0.2, -0.15) is 5.10 Å². The summed E-state index contributed by atoms with van der Waals surface area (Å²) in [7, 11) is 1.59. The van der Waals surface area contributed by atoms with Crippen LogP contribution in [0.3, 0.4) is 0 Å². The quantitative estimate of drug-likeness (QED) is 0.632. The number of aryl methyl sites for hydroxylation is 1. The fourth-order valence-corrected chi connectivity index (χ4v) is 4.40. The minimum Gasteiger partial charge on any atom is -0.383 e. The highest BCUT2D eigenvalue weighted by molar-refractivity contribution is 6.00. The van der Waals surface area contributed by atoms with E-state index in [1.165, 1.54) is 4.90 Å². The fourth-order valence-electron chi connectivity index (χ4n) is 4.40. The molecule has 170 valence electrons. The van der Waals surface area contributed by atoms with Crippen LogP contribution in [-0.4, -0.2) is 94.2 Å². The minimum absolute atomic E-state index is 0.142. The number of carbonyl (C=O) groups is 3. The van der Waals surface area contributed by atoms with Crippen molar-refractivity contribution in [3.05, 3.63) is 53.9 Å². The molecule has 3 amide bonds. The van der Waals surface area contributed by atoms with Crippen molar-refractivity contribution in [1.82, 2.24) is 24.5 Å². The van der Waals surface area contributed by atoms with Crippen LogP contribution in [0.1, 0.15) is 23.0 Å². The second kappa shape index (κ2) is 9.52. The monoisotopic (exact) mass is 439 g/mol. The van der Waals surface area contributed by atoms with Crippen LogP contribution in [0, 0.1) is 0 Å². The second-order valence-electron chi connectivity index (χ2n) is 8.09. The van der Waals surface area contributed by atoms with Gasteiger partial charge in [0.15, 0.2) is 0 Å². The predicted molar refractivity (Wildman–Crippen MR) is 117 cm³/mol. The molecule has 2 fully saturated rings. The number of aromatic nitrogens is 2. The Morgan fingerprint density at radius 2 is 1.91 bits per heavy atom. The molecule has 9 nitrogen and oxygen atoms in total. The third-order valence-electron chi connectivity index (χ3n) is 6.18. The van der Waals surface area contributed by atoms with E-state index in [2.05, 4.69) is 5.10 Å². The molecule has 2 saturated heterocycles. The zero-order chi connectivity index (χ0) is 22.7. The van der Waals surface area contributed by atoms with Gasteiger partial charge in [0.05, 0.1) is 13.2 Å². The van der Waals surface area contributed by atoms with Gasteiger partial charge in [-0.1, -0.05) is 30.3 Å². The number of piperazine rings is 2. The third-order valence-corrected chi connectivity index (χ3v) is 6.18. The summed E-state index contributed by atoms with van der Waals surface area (Å²) in [5.74, 6) is -0.655. The summed E-state index contributed by atoms with van der Waals surface area (Å²) < 4.78 is 6.79. The van der Waals surface area contributed by atoms with Crippen LogP contribution in [0.4, 0.5) is 0 Å². The maximum atomic E-state index is 13.5. The molecule has 4 rings (SSSR count). The SMILES string of the molecule is CCn1ccc(C(=O)N2CC3C(=O)N(CCOC)CCN3C(=O)C2Cc2ccccc2)n1. The van der Waals surface area contributed by atoms with E-state index < -0.39 is 12.1 Å². The highest BCUT2D eigenvalue weighted by Crippen LogP contribution is 2.25. The number of hydrogen-bond donors (Lipinski definition) is 0. The smallest absolute Gasteiger partial charge is 0.275 e. The van der Waals surface area contributed by atoms with Crippen LogP contribution in [0.5, 0.6) is 0 Å². The lowest BCUT2D eigenvalue weighted by molar-refractivity contribution is -0.160. The summed E-state index contributed by atoms with van der Waals surface area (Å²) in [6.07, 6.45) is 2.14. The number of benzene rings is 1. The van der Waals surface area contributed by atoms with Crippen LogP contribution < -0.4 is 0 Å². The lowest BCUT2D eigenvalue weighted by Crippen LogP contribution is -2.70. The average molecular weight is 440 g/mol. The molecular weight excluding hydrogens is 410 g/mol. The Labute approximate surface area is 187 Å². The normalized spacial score (nSPS) is 21.1. The summed E-state index contributed by atoms with van der Waals surface area (Å²) in [4.78, 5) is 45.0. The van der Waals surface area contributed by atoms with Gasteiger partial charge in [0.1, 0.15) is 17.8 Å². The van der Waals surface area contributed by atoms with Gasteiger partial charge in [-0.15, -0.1) is 0 Å². The van der Waals surface area contributed by atoms with E-state index in [1.54, 1.807) is 33.9 Å². The van der Waals surface area contributed by atoms with Crippen molar-refractivity contribution in [2.75, 3.05) is 39.9 Å². The molecule has 0 aliphatic carbocycles. The van der Waals surface area contributed by atoms with Crippen molar-refractivity contribution in [3.8, 4) is 0 Å². The molecule has 1 aromatic heterocycles. The van der Waals surface area contributed by atoms with E-state index >= 15 is 0 Å². The molecule has 2 aliphatic rings. The maximum absolute atomic E-state index is 13.5. The van der Waals surface area contributed by atoms with Gasteiger partial charge in [0.25, 0.3) is 5.91 Å². The Balaban J connectivity index is 1.63. The molecular formula is C23H29N5O4. The molecule has 2 aliphatic heterocycles. The summed E-state index contributed by atoms with van der Waals surface area (Å²) in [5, 5.41) is 4.34. The molecule has 2 atom stereocenters. The lowest BCUT2D eigenvalue weighted by atomic mass is 9.96. The molecule has 0 spiro atoms. The number of amides is 3. The van der Waals surface area contributed by atoms with E-state index in [4.69, 9.17) is 4.74 Å². The number of ether oxygens (including phenoxy) is 1. The summed E-state index contributed by atoms with van der Waals surface area (Å²) in [5.41, 5.74) is 1.25. The summed E-state index contributed by atoms with van der Waals surface area (Å²) >= 11 is 0. The highest BCUT2D eigenvalue weighted by atomic mass is 16.5. The molecule has 0 radical (unpaired) electrons. The first-order chi connectivity index (χ1) is 15.5. The Kier molecular flexibility index (Phi) is 6.55. The summed E-state index contributed by atoms with van der Waals surface area (Å²) in [6, 6.07) is 9.94. The number of fused-ring (bicyclic) bond motifs is 1. The number of rotatable bonds is 7. The van der Waals surface area contributed by atoms with Crippen molar-refractivity contribution in [1.29, 1.82) is 0 Å². The van der Waals surface area contributed by atoms with Gasteiger partial charge in [0, 0.05) is 45.9 Å². The Morgan fingerprint density at radius 1 is 1.12 bits per heavy atom. The average Bonchev–Trinajstić information content (AvgIpc) is 3.30. The number of methoxy groups -OCH3 is 1. The van der Waals surface area contributed by atoms with Crippen molar-refractivity contribution in [2.24, 2.45) is 0 Å². The second-order valence-corrected chi connectivity index (χ2v) is 8.09. The molecule has 0 saturated carbocycles. The van der Waals surface area contributed by atoms with E-state index in [1.807, 2.05) is 37.3 Å². The Morgan fingerprint density at radius 3 is 2.59 bits per heavy atom. The standard InChI is InChI=1S/C23H29N5O4/c1-3-26-10-9-18(24-26)21(29)28-16-20-22(30)25(13-14-32-2)11-12-27(20)23(31)19(28)15-17-7-5-4-6-8-17/h4-10,19-20H,3,11-16H2,1-2H3. The molecule has 1 aromatic carbocycles. The van der Waals surface area contributed by atoms with Gasteiger partial charge in [-0.25, -0.2) is 0 Å². The first kappa shape index (κ1) is 22.0. The first-order valence-corrected chi connectivity index (χ1v) is 11.0.